The van der Waals surface area contributed by atoms with Crippen LogP contribution in [0.4, 0.5) is 5.00 Å². The van der Waals surface area contributed by atoms with E-state index in [1.807, 2.05) is 13.8 Å². The van der Waals surface area contributed by atoms with Crippen LogP contribution in [0, 0.1) is 5.92 Å². The number of carbonyl (C=O) groups excluding carboxylic acids is 3. The summed E-state index contributed by atoms with van der Waals surface area (Å²) in [6.07, 6.45) is 0.610. The zero-order valence-corrected chi connectivity index (χ0v) is 17.1. The van der Waals surface area contributed by atoms with Crippen molar-refractivity contribution in [2.45, 2.75) is 32.9 Å². The minimum absolute atomic E-state index is 0. The molecule has 2 N–H and O–H groups in total. The second-order valence-electron chi connectivity index (χ2n) is 7.08. The van der Waals surface area contributed by atoms with E-state index in [0.717, 1.165) is 10.4 Å². The monoisotopic (exact) mass is 400 g/mol. The number of hydrogen-bond donors (Lipinski definition) is 1. The first kappa shape index (κ1) is 20.7. The van der Waals surface area contributed by atoms with Crippen LogP contribution in [0.5, 0.6) is 0 Å². The number of likely N-dealkylation sites (N-methyl/N-ethyl adjacent to an activating group) is 2. The standard InChI is InChI=1S/C17H24N4O3S.ClH/c1-9(2)14(18)16(24)21-6-5-10-11(7-21)25-17-13(10)15(23)19(3)8-12(22)20(17)4;/h9,14H,5-8,18H2,1-4H3;1H/t14-;/m0./s1. The number of fused-ring (bicyclic) bond motifs is 3. The fourth-order valence-electron chi connectivity index (χ4n) is 3.21. The van der Waals surface area contributed by atoms with Crippen molar-refractivity contribution in [2.75, 3.05) is 32.1 Å². The van der Waals surface area contributed by atoms with Gasteiger partial charge in [0.05, 0.1) is 18.2 Å². The molecule has 0 saturated carbocycles. The van der Waals surface area contributed by atoms with Gasteiger partial charge in [-0.2, -0.15) is 0 Å². The van der Waals surface area contributed by atoms with Crippen molar-refractivity contribution < 1.29 is 14.4 Å². The van der Waals surface area contributed by atoms with Gasteiger partial charge < -0.3 is 20.4 Å². The van der Waals surface area contributed by atoms with Gasteiger partial charge in [0.2, 0.25) is 11.8 Å². The maximum absolute atomic E-state index is 12.7. The van der Waals surface area contributed by atoms with E-state index in [2.05, 4.69) is 0 Å². The van der Waals surface area contributed by atoms with Gasteiger partial charge in [-0.25, -0.2) is 0 Å². The Labute approximate surface area is 163 Å². The number of nitrogens with zero attached hydrogens (tertiary/aromatic N) is 3. The Morgan fingerprint density at radius 3 is 2.46 bits per heavy atom. The Hall–Kier alpha value is -1.64. The van der Waals surface area contributed by atoms with Gasteiger partial charge >= 0.3 is 0 Å². The van der Waals surface area contributed by atoms with Gasteiger partial charge in [0.15, 0.2) is 0 Å². The maximum atomic E-state index is 12.7. The summed E-state index contributed by atoms with van der Waals surface area (Å²) in [5.74, 6) is -0.211. The number of amides is 3. The molecular formula is C17H25ClN4O3S. The molecule has 0 aliphatic carbocycles. The largest absolute Gasteiger partial charge is 0.336 e. The Morgan fingerprint density at radius 2 is 1.85 bits per heavy atom. The van der Waals surface area contributed by atoms with Crippen LogP contribution in [0.3, 0.4) is 0 Å². The van der Waals surface area contributed by atoms with E-state index >= 15 is 0 Å². The molecule has 0 spiro atoms. The van der Waals surface area contributed by atoms with Crippen molar-refractivity contribution >= 4 is 46.5 Å². The minimum Gasteiger partial charge on any atom is -0.336 e. The number of anilines is 1. The molecule has 3 amide bonds. The number of hydrogen-bond acceptors (Lipinski definition) is 5. The number of rotatable bonds is 2. The summed E-state index contributed by atoms with van der Waals surface area (Å²) in [6.45, 7) is 4.94. The third kappa shape index (κ3) is 3.33. The lowest BCUT2D eigenvalue weighted by Crippen LogP contribution is -2.48. The average molecular weight is 401 g/mol. The quantitative estimate of drug-likeness (QED) is 0.804. The highest BCUT2D eigenvalue weighted by atomic mass is 35.5. The highest BCUT2D eigenvalue weighted by Gasteiger charge is 2.36. The third-order valence-corrected chi connectivity index (χ3v) is 6.26. The van der Waals surface area contributed by atoms with Gasteiger partial charge in [0.1, 0.15) is 11.5 Å². The van der Waals surface area contributed by atoms with E-state index in [4.69, 9.17) is 5.73 Å². The van der Waals surface area contributed by atoms with Gasteiger partial charge in [0, 0.05) is 25.5 Å². The lowest BCUT2D eigenvalue weighted by Gasteiger charge is -2.30. The van der Waals surface area contributed by atoms with E-state index < -0.39 is 6.04 Å². The fraction of sp³-hybridized carbons (Fsp3) is 0.588. The SMILES string of the molecule is CC(C)[C@H](N)C(=O)N1CCc2c(sc3c2C(=O)N(C)CC(=O)N3C)C1.Cl. The van der Waals surface area contributed by atoms with Gasteiger partial charge in [0.25, 0.3) is 5.91 Å². The van der Waals surface area contributed by atoms with E-state index in [1.165, 1.54) is 16.2 Å². The summed E-state index contributed by atoms with van der Waals surface area (Å²) >= 11 is 1.43. The van der Waals surface area contributed by atoms with Crippen LogP contribution in [0.25, 0.3) is 0 Å². The van der Waals surface area contributed by atoms with Crippen LogP contribution in [0.15, 0.2) is 0 Å². The number of nitrogens with two attached hydrogens (primary N) is 1. The molecule has 0 bridgehead atoms. The predicted molar refractivity (Wildman–Crippen MR) is 104 cm³/mol. The molecule has 0 unspecified atom stereocenters. The molecule has 2 aliphatic rings. The third-order valence-electron chi connectivity index (χ3n) is 4.97. The number of carbonyl (C=O) groups is 3. The summed E-state index contributed by atoms with van der Waals surface area (Å²) < 4.78 is 0. The van der Waals surface area contributed by atoms with E-state index in [1.54, 1.807) is 23.9 Å². The topological polar surface area (TPSA) is 87.0 Å². The van der Waals surface area contributed by atoms with Crippen molar-refractivity contribution in [1.29, 1.82) is 0 Å². The number of thiophene rings is 1. The van der Waals surface area contributed by atoms with Crippen LogP contribution >= 0.6 is 23.7 Å². The Bertz CT molecular complexity index is 749. The van der Waals surface area contributed by atoms with E-state index in [0.29, 0.717) is 30.1 Å². The zero-order valence-electron chi connectivity index (χ0n) is 15.4. The van der Waals surface area contributed by atoms with Crippen LogP contribution in [0.2, 0.25) is 0 Å². The van der Waals surface area contributed by atoms with Crippen LogP contribution in [-0.4, -0.2) is 60.7 Å². The smallest absolute Gasteiger partial charge is 0.257 e. The van der Waals surface area contributed by atoms with Crippen LogP contribution in [-0.2, 0) is 22.6 Å². The van der Waals surface area contributed by atoms with Crippen LogP contribution in [0.1, 0.15) is 34.6 Å². The normalized spacial score (nSPS) is 18.3. The van der Waals surface area contributed by atoms with Crippen LogP contribution < -0.4 is 10.6 Å². The minimum atomic E-state index is -0.517. The Kier molecular flexibility index (Phi) is 5.99. The summed E-state index contributed by atoms with van der Waals surface area (Å²) in [7, 11) is 3.35. The lowest BCUT2D eigenvalue weighted by atomic mass is 9.99. The van der Waals surface area contributed by atoms with Crippen molar-refractivity contribution in [2.24, 2.45) is 11.7 Å². The molecule has 3 rings (SSSR count). The molecule has 0 fully saturated rings. The first-order chi connectivity index (χ1) is 11.7. The molecule has 0 aromatic carbocycles. The first-order valence-corrected chi connectivity index (χ1v) is 9.25. The molecule has 144 valence electrons. The molecule has 9 heteroatoms. The molecule has 1 atom stereocenters. The molecule has 2 aliphatic heterocycles. The Morgan fingerprint density at radius 1 is 1.19 bits per heavy atom. The molecule has 3 heterocycles. The molecular weight excluding hydrogens is 376 g/mol. The van der Waals surface area contributed by atoms with Gasteiger partial charge in [-0.05, 0) is 17.9 Å². The molecule has 26 heavy (non-hydrogen) atoms. The summed E-state index contributed by atoms with van der Waals surface area (Å²) in [6, 6.07) is -0.517. The first-order valence-electron chi connectivity index (χ1n) is 8.43. The summed E-state index contributed by atoms with van der Waals surface area (Å²) in [4.78, 5) is 43.3. The van der Waals surface area contributed by atoms with E-state index in [9.17, 15) is 14.4 Å². The molecule has 1 aromatic rings. The number of halogens is 1. The van der Waals surface area contributed by atoms with Crippen molar-refractivity contribution in [3.8, 4) is 0 Å². The van der Waals surface area contributed by atoms with Crippen molar-refractivity contribution in [3.05, 3.63) is 16.0 Å². The average Bonchev–Trinajstić information content (AvgIpc) is 2.93. The lowest BCUT2D eigenvalue weighted by molar-refractivity contribution is -0.134. The van der Waals surface area contributed by atoms with E-state index in [-0.39, 0.29) is 42.6 Å². The van der Waals surface area contributed by atoms with Crippen molar-refractivity contribution in [3.63, 3.8) is 0 Å². The van der Waals surface area contributed by atoms with Gasteiger partial charge in [-0.3, -0.25) is 14.4 Å². The Balaban J connectivity index is 0.00000243. The highest BCUT2D eigenvalue weighted by molar-refractivity contribution is 7.17. The van der Waals surface area contributed by atoms with Gasteiger partial charge in [-0.1, -0.05) is 13.8 Å². The second kappa shape index (κ2) is 7.54. The maximum Gasteiger partial charge on any atom is 0.257 e. The summed E-state index contributed by atoms with van der Waals surface area (Å²) in [5, 5.41) is 0.687. The molecule has 0 saturated heterocycles. The second-order valence-corrected chi connectivity index (χ2v) is 8.16. The fourth-order valence-corrected chi connectivity index (χ4v) is 4.55. The van der Waals surface area contributed by atoms with Gasteiger partial charge in [-0.15, -0.1) is 23.7 Å². The predicted octanol–water partition coefficient (Wildman–Crippen LogP) is 1.09. The highest BCUT2D eigenvalue weighted by Crippen LogP contribution is 2.40. The van der Waals surface area contributed by atoms with Crippen molar-refractivity contribution in [1.82, 2.24) is 9.80 Å². The zero-order chi connectivity index (χ0) is 18.5. The molecule has 7 nitrogen and oxygen atoms in total. The molecule has 0 radical (unpaired) electrons. The summed E-state index contributed by atoms with van der Waals surface area (Å²) in [5.41, 5.74) is 7.60. The molecule has 1 aromatic heterocycles.